The second-order valence-corrected chi connectivity index (χ2v) is 6.60. The van der Waals surface area contributed by atoms with E-state index < -0.39 is 11.7 Å². The van der Waals surface area contributed by atoms with Crippen molar-refractivity contribution in [3.05, 3.63) is 53.8 Å². The number of aromatic nitrogens is 1. The van der Waals surface area contributed by atoms with E-state index in [1.807, 2.05) is 24.3 Å². The number of fused-ring (bicyclic) bond motifs is 1. The summed E-state index contributed by atoms with van der Waals surface area (Å²) < 4.78 is 20.4. The minimum Gasteiger partial charge on any atom is -0.494 e. The summed E-state index contributed by atoms with van der Waals surface area (Å²) in [4.78, 5) is 12.3. The number of nitrogens with zero attached hydrogens (tertiary/aromatic N) is 3. The molecule has 0 unspecified atom stereocenters. The fourth-order valence-electron chi connectivity index (χ4n) is 3.07. The molecule has 0 aliphatic heterocycles. The van der Waals surface area contributed by atoms with Crippen LogP contribution in [-0.4, -0.2) is 22.7 Å². The molecule has 1 N–H and O–H groups in total. The monoisotopic (exact) mass is 367 g/mol. The van der Waals surface area contributed by atoms with Crippen molar-refractivity contribution in [2.24, 2.45) is 16.1 Å². The molecule has 3 aromatic rings. The molecular formula is C20H18FN3O3. The summed E-state index contributed by atoms with van der Waals surface area (Å²) in [5.74, 6) is -0.761. The van der Waals surface area contributed by atoms with Crippen LogP contribution in [0.2, 0.25) is 0 Å². The first-order valence-electron chi connectivity index (χ1n) is 8.68. The van der Waals surface area contributed by atoms with Crippen molar-refractivity contribution in [2.75, 3.05) is 7.11 Å². The Labute approximate surface area is 154 Å². The average Bonchev–Trinajstić information content (AvgIpc) is 3.46. The molecule has 2 aromatic carbocycles. The maximum Gasteiger partial charge on any atom is 0.295 e. The zero-order valence-corrected chi connectivity index (χ0v) is 14.7. The molecule has 4 rings (SSSR count). The number of hydrogen-bond acceptors (Lipinski definition) is 4. The van der Waals surface area contributed by atoms with Gasteiger partial charge in [0.25, 0.3) is 5.91 Å². The predicted octanol–water partition coefficient (Wildman–Crippen LogP) is 4.83. The number of carbonyl (C=O) groups is 1. The molecule has 1 amide bonds. The number of rotatable bonds is 5. The van der Waals surface area contributed by atoms with Gasteiger partial charge in [-0.05, 0) is 43.0 Å². The molecule has 0 bridgehead atoms. The number of aromatic hydroxyl groups is 1. The van der Waals surface area contributed by atoms with Gasteiger partial charge in [-0.2, -0.15) is 0 Å². The highest BCUT2D eigenvalue weighted by atomic mass is 19.1. The predicted molar refractivity (Wildman–Crippen MR) is 98.1 cm³/mol. The fraction of sp³-hybridized carbons (Fsp3) is 0.250. The van der Waals surface area contributed by atoms with Gasteiger partial charge in [0, 0.05) is 17.5 Å². The Hall–Kier alpha value is -3.22. The van der Waals surface area contributed by atoms with Crippen LogP contribution in [0.3, 0.4) is 0 Å². The molecule has 0 saturated heterocycles. The van der Waals surface area contributed by atoms with E-state index in [1.54, 1.807) is 4.57 Å². The number of amides is 1. The normalized spacial score (nSPS) is 14.1. The number of hydrogen-bond donors (Lipinski definition) is 1. The number of carbonyl (C=O) groups excluding carboxylic acids is 1. The summed E-state index contributed by atoms with van der Waals surface area (Å²) in [5.41, 5.74) is 1.14. The number of azo groups is 1. The summed E-state index contributed by atoms with van der Waals surface area (Å²) in [7, 11) is 1.35. The number of para-hydroxylation sites is 1. The van der Waals surface area contributed by atoms with Crippen molar-refractivity contribution < 1.29 is 19.0 Å². The van der Waals surface area contributed by atoms with Crippen LogP contribution in [0.25, 0.3) is 10.9 Å². The highest BCUT2D eigenvalue weighted by molar-refractivity contribution is 5.97. The second kappa shape index (κ2) is 6.83. The standard InChI is InChI=1S/C20H18FN3O3/c1-27-17-9-8-13(10-15(17)21)19(25)23-22-18-14-4-2-3-5-16(14)24(20(18)26)11-12-6-7-12/h2-5,8-10,12,26H,6-7,11H2,1H3. The van der Waals surface area contributed by atoms with Crippen LogP contribution in [0, 0.1) is 11.7 Å². The summed E-state index contributed by atoms with van der Waals surface area (Å²) in [6.45, 7) is 0.708. The van der Waals surface area contributed by atoms with E-state index in [2.05, 4.69) is 10.2 Å². The first-order chi connectivity index (χ1) is 13.1. The molecule has 0 radical (unpaired) electrons. The molecule has 1 heterocycles. The van der Waals surface area contributed by atoms with E-state index in [0.29, 0.717) is 17.8 Å². The van der Waals surface area contributed by atoms with Crippen LogP contribution < -0.4 is 4.74 Å². The minimum atomic E-state index is -0.699. The van der Waals surface area contributed by atoms with E-state index in [1.165, 1.54) is 19.2 Å². The van der Waals surface area contributed by atoms with E-state index in [9.17, 15) is 14.3 Å². The SMILES string of the molecule is COc1ccc(C(=O)N=Nc2c(O)n(CC3CC3)c3ccccc23)cc1F. The molecule has 1 aliphatic carbocycles. The quantitative estimate of drug-likeness (QED) is 0.656. The van der Waals surface area contributed by atoms with Gasteiger partial charge in [-0.3, -0.25) is 4.79 Å². The zero-order chi connectivity index (χ0) is 19.0. The largest absolute Gasteiger partial charge is 0.494 e. The van der Waals surface area contributed by atoms with Gasteiger partial charge in [0.15, 0.2) is 17.3 Å². The van der Waals surface area contributed by atoms with E-state index in [-0.39, 0.29) is 22.9 Å². The van der Waals surface area contributed by atoms with Gasteiger partial charge in [0.1, 0.15) is 0 Å². The van der Waals surface area contributed by atoms with Crippen LogP contribution in [0.5, 0.6) is 11.6 Å². The van der Waals surface area contributed by atoms with Crippen LogP contribution in [-0.2, 0) is 6.54 Å². The Morgan fingerprint density at radius 2 is 2.07 bits per heavy atom. The Morgan fingerprint density at radius 1 is 1.30 bits per heavy atom. The van der Waals surface area contributed by atoms with Crippen LogP contribution in [0.4, 0.5) is 10.1 Å². The molecule has 27 heavy (non-hydrogen) atoms. The van der Waals surface area contributed by atoms with Gasteiger partial charge in [0.2, 0.25) is 5.88 Å². The highest BCUT2D eigenvalue weighted by Crippen LogP contribution is 2.42. The Kier molecular flexibility index (Phi) is 4.35. The van der Waals surface area contributed by atoms with Crippen molar-refractivity contribution in [3.8, 4) is 11.6 Å². The van der Waals surface area contributed by atoms with Crippen molar-refractivity contribution in [1.29, 1.82) is 0 Å². The Balaban J connectivity index is 1.67. The maximum atomic E-state index is 13.8. The van der Waals surface area contributed by atoms with Gasteiger partial charge >= 0.3 is 0 Å². The highest BCUT2D eigenvalue weighted by Gasteiger charge is 2.25. The fourth-order valence-corrected chi connectivity index (χ4v) is 3.07. The molecule has 138 valence electrons. The van der Waals surface area contributed by atoms with Crippen LogP contribution >= 0.6 is 0 Å². The third-order valence-corrected chi connectivity index (χ3v) is 4.69. The number of ether oxygens (including phenoxy) is 1. The zero-order valence-electron chi connectivity index (χ0n) is 14.7. The second-order valence-electron chi connectivity index (χ2n) is 6.60. The summed E-state index contributed by atoms with van der Waals surface area (Å²) in [6.07, 6.45) is 2.29. The average molecular weight is 367 g/mol. The lowest BCUT2D eigenvalue weighted by atomic mass is 10.2. The summed E-state index contributed by atoms with van der Waals surface area (Å²) >= 11 is 0. The van der Waals surface area contributed by atoms with Crippen molar-refractivity contribution in [3.63, 3.8) is 0 Å². The number of methoxy groups -OCH3 is 1. The Bertz CT molecular complexity index is 1050. The summed E-state index contributed by atoms with van der Waals surface area (Å²) in [6, 6.07) is 11.3. The van der Waals surface area contributed by atoms with E-state index in [0.717, 1.165) is 24.4 Å². The molecular weight excluding hydrogens is 349 g/mol. The van der Waals surface area contributed by atoms with Gasteiger partial charge in [0.05, 0.1) is 12.6 Å². The van der Waals surface area contributed by atoms with Gasteiger partial charge in [-0.15, -0.1) is 10.2 Å². The van der Waals surface area contributed by atoms with Crippen LogP contribution in [0.1, 0.15) is 23.2 Å². The van der Waals surface area contributed by atoms with Gasteiger partial charge in [-0.1, -0.05) is 18.2 Å². The van der Waals surface area contributed by atoms with E-state index >= 15 is 0 Å². The number of benzene rings is 2. The third-order valence-electron chi connectivity index (χ3n) is 4.69. The molecule has 1 fully saturated rings. The molecule has 6 nitrogen and oxygen atoms in total. The minimum absolute atomic E-state index is 0.0134. The maximum absolute atomic E-state index is 13.8. The van der Waals surface area contributed by atoms with E-state index in [4.69, 9.17) is 4.74 Å². The van der Waals surface area contributed by atoms with Crippen molar-refractivity contribution in [1.82, 2.24) is 4.57 Å². The lowest BCUT2D eigenvalue weighted by Crippen LogP contribution is -1.98. The van der Waals surface area contributed by atoms with Crippen molar-refractivity contribution >= 4 is 22.5 Å². The first-order valence-corrected chi connectivity index (χ1v) is 8.68. The molecule has 1 saturated carbocycles. The van der Waals surface area contributed by atoms with Gasteiger partial charge in [-0.25, -0.2) is 4.39 Å². The number of halogens is 1. The lowest BCUT2D eigenvalue weighted by Gasteiger charge is -2.04. The first kappa shape index (κ1) is 17.2. The third kappa shape index (κ3) is 3.28. The molecule has 1 aromatic heterocycles. The summed E-state index contributed by atoms with van der Waals surface area (Å²) in [5, 5.41) is 19.0. The smallest absolute Gasteiger partial charge is 0.295 e. The Morgan fingerprint density at radius 3 is 2.78 bits per heavy atom. The van der Waals surface area contributed by atoms with Crippen LogP contribution in [0.15, 0.2) is 52.7 Å². The molecule has 1 aliphatic rings. The topological polar surface area (TPSA) is 76.2 Å². The molecule has 0 atom stereocenters. The lowest BCUT2D eigenvalue weighted by molar-refractivity contribution is 0.0994. The van der Waals surface area contributed by atoms with Crippen molar-refractivity contribution in [2.45, 2.75) is 19.4 Å². The molecule has 0 spiro atoms. The molecule has 7 heteroatoms. The van der Waals surface area contributed by atoms with Gasteiger partial charge < -0.3 is 14.4 Å².